The van der Waals surface area contributed by atoms with E-state index in [1.54, 1.807) is 19.1 Å². The van der Waals surface area contributed by atoms with Gasteiger partial charge in [0.25, 0.3) is 0 Å². The average Bonchev–Trinajstić information content (AvgIpc) is 2.62. The summed E-state index contributed by atoms with van der Waals surface area (Å²) in [4.78, 5) is 19.9. The summed E-state index contributed by atoms with van der Waals surface area (Å²) >= 11 is 0. The lowest BCUT2D eigenvalue weighted by Gasteiger charge is -2.19. The van der Waals surface area contributed by atoms with E-state index < -0.39 is 0 Å². The van der Waals surface area contributed by atoms with Crippen molar-refractivity contribution < 1.29 is 4.79 Å². The quantitative estimate of drug-likeness (QED) is 0.591. The van der Waals surface area contributed by atoms with Gasteiger partial charge in [-0.05, 0) is 54.3 Å². The molecule has 0 saturated carbocycles. The molecule has 0 radical (unpaired) electrons. The predicted octanol–water partition coefficient (Wildman–Crippen LogP) is 5.46. The van der Waals surface area contributed by atoms with Gasteiger partial charge in [0.1, 0.15) is 18.0 Å². The van der Waals surface area contributed by atoms with Crippen LogP contribution in [0.1, 0.15) is 43.6 Å². The molecule has 2 aromatic carbocycles. The summed E-state index contributed by atoms with van der Waals surface area (Å²) in [5, 5.41) is 6.52. The Morgan fingerprint density at radius 2 is 1.30 bits per heavy atom. The molecule has 3 aromatic rings. The van der Waals surface area contributed by atoms with E-state index in [2.05, 4.69) is 65.6 Å². The third-order valence-electron chi connectivity index (χ3n) is 4.25. The summed E-state index contributed by atoms with van der Waals surface area (Å²) in [7, 11) is 0. The van der Waals surface area contributed by atoms with Crippen molar-refractivity contribution in [1.29, 1.82) is 0 Å². The fourth-order valence-corrected chi connectivity index (χ4v) is 2.63. The lowest BCUT2D eigenvalue weighted by molar-refractivity contribution is 0.101. The topological polar surface area (TPSA) is 66.9 Å². The van der Waals surface area contributed by atoms with Crippen LogP contribution in [0.4, 0.5) is 23.0 Å². The molecule has 3 rings (SSSR count). The first-order valence-corrected chi connectivity index (χ1v) is 8.89. The number of hydrogen-bond acceptors (Lipinski definition) is 5. The Hall–Kier alpha value is -3.21. The number of rotatable bonds is 5. The monoisotopic (exact) mass is 360 g/mol. The minimum Gasteiger partial charge on any atom is -0.340 e. The smallest absolute Gasteiger partial charge is 0.159 e. The van der Waals surface area contributed by atoms with Crippen molar-refractivity contribution in [2.45, 2.75) is 33.1 Å². The van der Waals surface area contributed by atoms with Crippen molar-refractivity contribution in [3.63, 3.8) is 0 Å². The second-order valence-corrected chi connectivity index (χ2v) is 7.50. The molecule has 27 heavy (non-hydrogen) atoms. The third-order valence-corrected chi connectivity index (χ3v) is 4.25. The van der Waals surface area contributed by atoms with Gasteiger partial charge in [0.15, 0.2) is 5.78 Å². The number of carbonyl (C=O) groups is 1. The lowest BCUT2D eigenvalue weighted by atomic mass is 9.87. The molecule has 0 unspecified atom stereocenters. The zero-order valence-corrected chi connectivity index (χ0v) is 16.1. The summed E-state index contributed by atoms with van der Waals surface area (Å²) < 4.78 is 0. The maximum Gasteiger partial charge on any atom is 0.159 e. The molecule has 2 N–H and O–H groups in total. The first-order valence-electron chi connectivity index (χ1n) is 8.89. The number of nitrogens with zero attached hydrogens (tertiary/aromatic N) is 2. The maximum absolute atomic E-state index is 11.4. The molecular weight excluding hydrogens is 336 g/mol. The van der Waals surface area contributed by atoms with Crippen molar-refractivity contribution in [1.82, 2.24) is 9.97 Å². The van der Waals surface area contributed by atoms with E-state index >= 15 is 0 Å². The molecule has 0 aliphatic rings. The largest absolute Gasteiger partial charge is 0.340 e. The van der Waals surface area contributed by atoms with Crippen LogP contribution in [0.3, 0.4) is 0 Å². The Balaban J connectivity index is 1.71. The second-order valence-electron chi connectivity index (χ2n) is 7.50. The molecule has 0 spiro atoms. The first kappa shape index (κ1) is 18.6. The number of ketones is 1. The van der Waals surface area contributed by atoms with Gasteiger partial charge in [-0.2, -0.15) is 0 Å². The van der Waals surface area contributed by atoms with Gasteiger partial charge in [-0.1, -0.05) is 32.9 Å². The van der Waals surface area contributed by atoms with E-state index in [-0.39, 0.29) is 11.2 Å². The molecule has 5 nitrogen and oxygen atoms in total. The zero-order valence-electron chi connectivity index (χ0n) is 16.1. The SMILES string of the molecule is CC(=O)c1ccc(Nc2cc(Nc3ccc(C(C)(C)C)cc3)ncn2)cc1. The van der Waals surface area contributed by atoms with Crippen molar-refractivity contribution in [3.05, 3.63) is 72.1 Å². The molecule has 0 amide bonds. The van der Waals surface area contributed by atoms with Crippen LogP contribution in [0.25, 0.3) is 0 Å². The fourth-order valence-electron chi connectivity index (χ4n) is 2.63. The highest BCUT2D eigenvalue weighted by atomic mass is 16.1. The molecule has 0 fully saturated rings. The molecule has 0 bridgehead atoms. The Labute approximate surface area is 159 Å². The summed E-state index contributed by atoms with van der Waals surface area (Å²) in [6.07, 6.45) is 1.51. The molecule has 0 atom stereocenters. The normalized spacial score (nSPS) is 11.1. The van der Waals surface area contributed by atoms with Crippen LogP contribution >= 0.6 is 0 Å². The van der Waals surface area contributed by atoms with E-state index in [9.17, 15) is 4.79 Å². The predicted molar refractivity (Wildman–Crippen MR) is 110 cm³/mol. The highest BCUT2D eigenvalue weighted by Crippen LogP contribution is 2.25. The second kappa shape index (κ2) is 7.58. The van der Waals surface area contributed by atoms with Gasteiger partial charge in [-0.3, -0.25) is 4.79 Å². The Morgan fingerprint density at radius 3 is 1.74 bits per heavy atom. The van der Waals surface area contributed by atoms with Crippen LogP contribution in [0.2, 0.25) is 0 Å². The van der Waals surface area contributed by atoms with E-state index in [1.165, 1.54) is 11.9 Å². The number of anilines is 4. The van der Waals surface area contributed by atoms with Gasteiger partial charge in [-0.25, -0.2) is 9.97 Å². The van der Waals surface area contributed by atoms with Gasteiger partial charge in [0.2, 0.25) is 0 Å². The number of hydrogen-bond donors (Lipinski definition) is 2. The standard InChI is InChI=1S/C22H24N4O/c1-15(27)16-5-9-18(10-6-16)25-20-13-21(24-14-23-20)26-19-11-7-17(8-12-19)22(2,3)4/h5-14H,1-4H3,(H2,23,24,25,26). The van der Waals surface area contributed by atoms with Gasteiger partial charge in [0, 0.05) is 23.0 Å². The van der Waals surface area contributed by atoms with Crippen molar-refractivity contribution in [3.8, 4) is 0 Å². The van der Waals surface area contributed by atoms with Gasteiger partial charge in [0.05, 0.1) is 0 Å². The summed E-state index contributed by atoms with van der Waals surface area (Å²) in [6, 6.07) is 17.5. The lowest BCUT2D eigenvalue weighted by Crippen LogP contribution is -2.10. The molecule has 0 aliphatic heterocycles. The van der Waals surface area contributed by atoms with Crippen LogP contribution in [0, 0.1) is 0 Å². The zero-order chi connectivity index (χ0) is 19.4. The van der Waals surface area contributed by atoms with Crippen LogP contribution in [0.15, 0.2) is 60.9 Å². The summed E-state index contributed by atoms with van der Waals surface area (Å²) in [5.74, 6) is 1.43. The van der Waals surface area contributed by atoms with E-state index in [0.717, 1.165) is 11.4 Å². The van der Waals surface area contributed by atoms with Gasteiger partial charge in [-0.15, -0.1) is 0 Å². The third kappa shape index (κ3) is 4.91. The Bertz CT molecular complexity index is 926. The number of benzene rings is 2. The number of carbonyl (C=O) groups excluding carboxylic acids is 1. The highest BCUT2D eigenvalue weighted by Gasteiger charge is 2.12. The van der Waals surface area contributed by atoms with E-state index in [1.807, 2.05) is 18.2 Å². The number of aromatic nitrogens is 2. The molecule has 1 aromatic heterocycles. The molecule has 138 valence electrons. The Morgan fingerprint density at radius 1 is 0.815 bits per heavy atom. The first-order chi connectivity index (χ1) is 12.8. The molecule has 5 heteroatoms. The number of nitrogens with one attached hydrogen (secondary N) is 2. The minimum atomic E-state index is 0.0487. The Kier molecular flexibility index (Phi) is 5.21. The van der Waals surface area contributed by atoms with E-state index in [0.29, 0.717) is 17.2 Å². The van der Waals surface area contributed by atoms with Crippen molar-refractivity contribution >= 4 is 28.8 Å². The summed E-state index contributed by atoms with van der Waals surface area (Å²) in [5.41, 5.74) is 3.93. The highest BCUT2D eigenvalue weighted by molar-refractivity contribution is 5.94. The average molecular weight is 360 g/mol. The fraction of sp³-hybridized carbons (Fsp3) is 0.227. The van der Waals surface area contributed by atoms with Gasteiger partial charge >= 0.3 is 0 Å². The van der Waals surface area contributed by atoms with Crippen LogP contribution < -0.4 is 10.6 Å². The molecular formula is C22H24N4O. The van der Waals surface area contributed by atoms with Crippen LogP contribution in [-0.4, -0.2) is 15.8 Å². The van der Waals surface area contributed by atoms with Crippen molar-refractivity contribution in [2.24, 2.45) is 0 Å². The van der Waals surface area contributed by atoms with Gasteiger partial charge < -0.3 is 10.6 Å². The minimum absolute atomic E-state index is 0.0487. The summed E-state index contributed by atoms with van der Waals surface area (Å²) in [6.45, 7) is 8.14. The maximum atomic E-state index is 11.4. The molecule has 1 heterocycles. The molecule has 0 aliphatic carbocycles. The van der Waals surface area contributed by atoms with Crippen molar-refractivity contribution in [2.75, 3.05) is 10.6 Å². The number of Topliss-reactive ketones (excluding diaryl/α,β-unsaturated/α-hetero) is 1. The van der Waals surface area contributed by atoms with Crippen LogP contribution in [0.5, 0.6) is 0 Å². The van der Waals surface area contributed by atoms with E-state index in [4.69, 9.17) is 0 Å². The van der Waals surface area contributed by atoms with Crippen LogP contribution in [-0.2, 0) is 5.41 Å². The molecule has 0 saturated heterocycles.